The van der Waals surface area contributed by atoms with Gasteiger partial charge in [0, 0.05) is 17.6 Å². The maximum absolute atomic E-state index is 13.3. The maximum atomic E-state index is 13.3. The summed E-state index contributed by atoms with van der Waals surface area (Å²) in [5, 5.41) is 2.73. The molecule has 2 amide bonds. The van der Waals surface area contributed by atoms with E-state index in [-0.39, 0.29) is 12.5 Å². The second kappa shape index (κ2) is 10.8. The van der Waals surface area contributed by atoms with Gasteiger partial charge in [0.2, 0.25) is 21.8 Å². The van der Waals surface area contributed by atoms with Crippen molar-refractivity contribution < 1.29 is 18.0 Å². The lowest BCUT2D eigenvalue weighted by Crippen LogP contribution is -2.51. The predicted molar refractivity (Wildman–Crippen MR) is 126 cm³/mol. The van der Waals surface area contributed by atoms with Crippen LogP contribution >= 0.6 is 15.9 Å². The Balaban J connectivity index is 2.38. The Morgan fingerprint density at radius 2 is 1.71 bits per heavy atom. The normalized spacial score (nSPS) is 12.2. The topological polar surface area (TPSA) is 86.8 Å². The third-order valence-corrected chi connectivity index (χ3v) is 6.50. The molecule has 0 aromatic heterocycles. The van der Waals surface area contributed by atoms with Crippen LogP contribution in [0.3, 0.4) is 0 Å². The van der Waals surface area contributed by atoms with Gasteiger partial charge in [-0.05, 0) is 50.1 Å². The minimum Gasteiger partial charge on any atom is -0.355 e. The number of hydrogen-bond donors (Lipinski definition) is 1. The van der Waals surface area contributed by atoms with Crippen LogP contribution in [0.4, 0.5) is 5.69 Å². The highest BCUT2D eigenvalue weighted by molar-refractivity contribution is 9.10. The Labute approximate surface area is 192 Å². The molecule has 2 rings (SSSR count). The zero-order valence-electron chi connectivity index (χ0n) is 18.1. The number of aryl methyl sites for hydroxylation is 1. The van der Waals surface area contributed by atoms with Crippen molar-refractivity contribution in [1.29, 1.82) is 0 Å². The molecule has 1 atom stereocenters. The second-order valence-electron chi connectivity index (χ2n) is 7.27. The Hall–Kier alpha value is -2.39. The fourth-order valence-corrected chi connectivity index (χ4v) is 4.30. The smallest absolute Gasteiger partial charge is 0.244 e. The summed E-state index contributed by atoms with van der Waals surface area (Å²) in [6.45, 7) is 5.44. The van der Waals surface area contributed by atoms with Gasteiger partial charge in [-0.3, -0.25) is 13.9 Å². The quantitative estimate of drug-likeness (QED) is 0.562. The van der Waals surface area contributed by atoms with E-state index in [1.54, 1.807) is 45.0 Å². The van der Waals surface area contributed by atoms with Gasteiger partial charge in [0.25, 0.3) is 0 Å². The summed E-state index contributed by atoms with van der Waals surface area (Å²) in [5.74, 6) is -0.759. The molecule has 0 bridgehead atoms. The SMILES string of the molecule is CCNC(=O)[C@H](C)N(Cc1ccc(Br)cc1)C(=O)CN(c1ccccc1C)S(C)(=O)=O. The van der Waals surface area contributed by atoms with Gasteiger partial charge >= 0.3 is 0 Å². The van der Waals surface area contributed by atoms with Crippen molar-refractivity contribution in [2.24, 2.45) is 0 Å². The maximum Gasteiger partial charge on any atom is 0.244 e. The van der Waals surface area contributed by atoms with E-state index >= 15 is 0 Å². The van der Waals surface area contributed by atoms with Gasteiger partial charge in [-0.1, -0.05) is 46.3 Å². The number of amides is 2. The van der Waals surface area contributed by atoms with Gasteiger partial charge in [-0.25, -0.2) is 8.42 Å². The van der Waals surface area contributed by atoms with Crippen molar-refractivity contribution in [3.05, 3.63) is 64.1 Å². The van der Waals surface area contributed by atoms with Gasteiger partial charge in [-0.15, -0.1) is 0 Å². The number of rotatable bonds is 9. The summed E-state index contributed by atoms with van der Waals surface area (Å²) >= 11 is 3.38. The van der Waals surface area contributed by atoms with Crippen molar-refractivity contribution in [2.45, 2.75) is 33.4 Å². The summed E-state index contributed by atoms with van der Waals surface area (Å²) in [7, 11) is -3.72. The summed E-state index contributed by atoms with van der Waals surface area (Å²) in [4.78, 5) is 27.2. The number of sulfonamides is 1. The monoisotopic (exact) mass is 509 g/mol. The first kappa shape index (κ1) is 24.9. The molecule has 9 heteroatoms. The molecular weight excluding hydrogens is 482 g/mol. The van der Waals surface area contributed by atoms with Crippen LogP contribution in [-0.2, 0) is 26.2 Å². The molecule has 0 spiro atoms. The van der Waals surface area contributed by atoms with Crippen molar-refractivity contribution in [3.8, 4) is 0 Å². The predicted octanol–water partition coefficient (Wildman–Crippen LogP) is 3.08. The van der Waals surface area contributed by atoms with Crippen LogP contribution in [-0.4, -0.2) is 50.5 Å². The van der Waals surface area contributed by atoms with Crippen LogP contribution in [0.2, 0.25) is 0 Å². The fourth-order valence-electron chi connectivity index (χ4n) is 3.13. The van der Waals surface area contributed by atoms with Crippen LogP contribution in [0.5, 0.6) is 0 Å². The van der Waals surface area contributed by atoms with Gasteiger partial charge < -0.3 is 10.2 Å². The van der Waals surface area contributed by atoms with Crippen LogP contribution in [0.1, 0.15) is 25.0 Å². The van der Waals surface area contributed by atoms with E-state index in [2.05, 4.69) is 21.2 Å². The first-order valence-electron chi connectivity index (χ1n) is 9.89. The number of nitrogens with one attached hydrogen (secondary N) is 1. The highest BCUT2D eigenvalue weighted by Gasteiger charge is 2.30. The average molecular weight is 510 g/mol. The molecule has 0 radical (unpaired) electrons. The lowest BCUT2D eigenvalue weighted by Gasteiger charge is -2.31. The molecule has 0 aliphatic heterocycles. The van der Waals surface area contributed by atoms with E-state index in [9.17, 15) is 18.0 Å². The lowest BCUT2D eigenvalue weighted by atomic mass is 10.1. The number of hydrogen-bond acceptors (Lipinski definition) is 4. The van der Waals surface area contributed by atoms with Gasteiger partial charge in [0.05, 0.1) is 11.9 Å². The number of nitrogens with zero attached hydrogens (tertiary/aromatic N) is 2. The first-order chi connectivity index (χ1) is 14.5. The fraction of sp³-hybridized carbons (Fsp3) is 0.364. The molecule has 2 aromatic carbocycles. The first-order valence-corrected chi connectivity index (χ1v) is 12.5. The molecule has 1 N–H and O–H groups in total. The summed E-state index contributed by atoms with van der Waals surface area (Å²) < 4.78 is 27.0. The zero-order valence-corrected chi connectivity index (χ0v) is 20.5. The number of carbonyl (C=O) groups excluding carboxylic acids is 2. The van der Waals surface area contributed by atoms with Gasteiger partial charge in [0.15, 0.2) is 0 Å². The van der Waals surface area contributed by atoms with E-state index in [0.29, 0.717) is 12.2 Å². The van der Waals surface area contributed by atoms with E-state index < -0.39 is 28.5 Å². The average Bonchev–Trinajstić information content (AvgIpc) is 2.71. The van der Waals surface area contributed by atoms with Crippen LogP contribution in [0.15, 0.2) is 53.0 Å². The largest absolute Gasteiger partial charge is 0.355 e. The van der Waals surface area contributed by atoms with E-state index in [4.69, 9.17) is 0 Å². The summed E-state index contributed by atoms with van der Waals surface area (Å²) in [5.41, 5.74) is 2.00. The van der Waals surface area contributed by atoms with Crippen molar-refractivity contribution in [1.82, 2.24) is 10.2 Å². The minimum absolute atomic E-state index is 0.176. The Bertz CT molecular complexity index is 1030. The highest BCUT2D eigenvalue weighted by atomic mass is 79.9. The molecule has 0 heterocycles. The Morgan fingerprint density at radius 3 is 2.26 bits per heavy atom. The molecule has 168 valence electrons. The number of anilines is 1. The van der Waals surface area contributed by atoms with Crippen molar-refractivity contribution in [3.63, 3.8) is 0 Å². The molecular formula is C22H28BrN3O4S. The molecule has 31 heavy (non-hydrogen) atoms. The molecule has 0 saturated heterocycles. The lowest BCUT2D eigenvalue weighted by molar-refractivity contribution is -0.139. The van der Waals surface area contributed by atoms with Crippen LogP contribution < -0.4 is 9.62 Å². The summed E-state index contributed by atoms with van der Waals surface area (Å²) in [6.07, 6.45) is 1.07. The molecule has 0 fully saturated rings. The molecule has 0 aliphatic rings. The third kappa shape index (κ3) is 6.80. The standard InChI is InChI=1S/C22H28BrN3O4S/c1-5-24-22(28)17(3)25(14-18-10-12-19(23)13-11-18)21(27)15-26(31(4,29)30)20-9-7-6-8-16(20)2/h6-13,17H,5,14-15H2,1-4H3,(H,24,28)/t17-/m0/s1. The summed E-state index contributed by atoms with van der Waals surface area (Å²) in [6, 6.07) is 13.6. The Kier molecular flexibility index (Phi) is 8.64. The van der Waals surface area contributed by atoms with Crippen LogP contribution in [0.25, 0.3) is 0 Å². The van der Waals surface area contributed by atoms with E-state index in [1.165, 1.54) is 4.90 Å². The second-order valence-corrected chi connectivity index (χ2v) is 10.1. The molecule has 0 unspecified atom stereocenters. The van der Waals surface area contributed by atoms with Crippen molar-refractivity contribution >= 4 is 43.5 Å². The number of benzene rings is 2. The Morgan fingerprint density at radius 1 is 1.10 bits per heavy atom. The minimum atomic E-state index is -3.72. The number of carbonyl (C=O) groups is 2. The third-order valence-electron chi connectivity index (χ3n) is 4.85. The number of para-hydroxylation sites is 1. The van der Waals surface area contributed by atoms with Crippen LogP contribution in [0, 0.1) is 6.92 Å². The molecule has 0 aliphatic carbocycles. The molecule has 2 aromatic rings. The van der Waals surface area contributed by atoms with Crippen molar-refractivity contribution in [2.75, 3.05) is 23.7 Å². The number of halogens is 1. The van der Waals surface area contributed by atoms with Gasteiger partial charge in [-0.2, -0.15) is 0 Å². The molecule has 7 nitrogen and oxygen atoms in total. The van der Waals surface area contributed by atoms with Gasteiger partial charge in [0.1, 0.15) is 12.6 Å². The highest BCUT2D eigenvalue weighted by Crippen LogP contribution is 2.23. The molecule has 0 saturated carbocycles. The van der Waals surface area contributed by atoms with E-state index in [1.807, 2.05) is 24.3 Å². The zero-order chi connectivity index (χ0) is 23.2. The van der Waals surface area contributed by atoms with E-state index in [0.717, 1.165) is 26.2 Å². The number of likely N-dealkylation sites (N-methyl/N-ethyl adjacent to an activating group) is 1.